The van der Waals surface area contributed by atoms with Crippen molar-refractivity contribution in [3.8, 4) is 5.75 Å². The van der Waals surface area contributed by atoms with E-state index in [0.29, 0.717) is 22.9 Å². The minimum atomic E-state index is -0.603. The van der Waals surface area contributed by atoms with Gasteiger partial charge in [0, 0.05) is 11.3 Å². The number of amides is 2. The van der Waals surface area contributed by atoms with Gasteiger partial charge >= 0.3 is 12.0 Å². The highest BCUT2D eigenvalue weighted by Crippen LogP contribution is 2.35. The van der Waals surface area contributed by atoms with E-state index in [0.717, 1.165) is 24.8 Å². The SMILES string of the molecule is COc1ccccc1[C@@H]1NC(=O)NC(C)=C1C(=O)O[C@H]1CCC[C@@H]1C. The average Bonchev–Trinajstić information content (AvgIpc) is 2.98. The lowest BCUT2D eigenvalue weighted by Gasteiger charge is -2.30. The zero-order valence-electron chi connectivity index (χ0n) is 14.8. The fraction of sp³-hybridized carbons (Fsp3) is 0.474. The lowest BCUT2D eigenvalue weighted by atomic mass is 9.94. The van der Waals surface area contributed by atoms with Crippen LogP contribution in [0.1, 0.15) is 44.7 Å². The Hall–Kier alpha value is -2.50. The van der Waals surface area contributed by atoms with Crippen LogP contribution in [0.5, 0.6) is 5.75 Å². The molecule has 0 aromatic heterocycles. The van der Waals surface area contributed by atoms with E-state index in [1.165, 1.54) is 0 Å². The van der Waals surface area contributed by atoms with Gasteiger partial charge < -0.3 is 20.1 Å². The highest BCUT2D eigenvalue weighted by atomic mass is 16.5. The summed E-state index contributed by atoms with van der Waals surface area (Å²) in [5.74, 6) is 0.586. The zero-order chi connectivity index (χ0) is 18.0. The Morgan fingerprint density at radius 2 is 2.00 bits per heavy atom. The Morgan fingerprint density at radius 1 is 1.24 bits per heavy atom. The molecule has 1 fully saturated rings. The van der Waals surface area contributed by atoms with Crippen LogP contribution in [-0.2, 0) is 9.53 Å². The van der Waals surface area contributed by atoms with Crippen molar-refractivity contribution >= 4 is 12.0 Å². The molecule has 6 heteroatoms. The summed E-state index contributed by atoms with van der Waals surface area (Å²) in [5, 5.41) is 5.49. The van der Waals surface area contributed by atoms with Crippen molar-refractivity contribution in [1.29, 1.82) is 0 Å². The molecule has 2 N–H and O–H groups in total. The number of nitrogens with one attached hydrogen (secondary N) is 2. The molecular formula is C19H24N2O4. The topological polar surface area (TPSA) is 76.7 Å². The lowest BCUT2D eigenvalue weighted by molar-refractivity contribution is -0.146. The van der Waals surface area contributed by atoms with E-state index in [9.17, 15) is 9.59 Å². The van der Waals surface area contributed by atoms with Crippen LogP contribution >= 0.6 is 0 Å². The van der Waals surface area contributed by atoms with Crippen molar-refractivity contribution < 1.29 is 19.1 Å². The first-order valence-electron chi connectivity index (χ1n) is 8.63. The molecule has 2 aliphatic rings. The Bertz CT molecular complexity index is 713. The second-order valence-corrected chi connectivity index (χ2v) is 6.66. The first-order valence-corrected chi connectivity index (χ1v) is 8.63. The lowest BCUT2D eigenvalue weighted by Crippen LogP contribution is -2.45. The fourth-order valence-corrected chi connectivity index (χ4v) is 3.59. The van der Waals surface area contributed by atoms with E-state index in [4.69, 9.17) is 9.47 Å². The van der Waals surface area contributed by atoms with Crippen molar-refractivity contribution in [1.82, 2.24) is 10.6 Å². The first kappa shape index (κ1) is 17.3. The first-order chi connectivity index (χ1) is 12.0. The maximum Gasteiger partial charge on any atom is 0.338 e. The molecule has 2 amide bonds. The predicted molar refractivity (Wildman–Crippen MR) is 93.0 cm³/mol. The normalized spacial score (nSPS) is 26.0. The maximum absolute atomic E-state index is 12.9. The summed E-state index contributed by atoms with van der Waals surface area (Å²) < 4.78 is 11.2. The zero-order valence-corrected chi connectivity index (χ0v) is 14.8. The third-order valence-corrected chi connectivity index (χ3v) is 4.98. The molecule has 25 heavy (non-hydrogen) atoms. The molecule has 3 rings (SSSR count). The number of rotatable bonds is 4. The number of methoxy groups -OCH3 is 1. The Labute approximate surface area is 147 Å². The Balaban J connectivity index is 1.93. The number of para-hydroxylation sites is 1. The quantitative estimate of drug-likeness (QED) is 0.823. The van der Waals surface area contributed by atoms with Gasteiger partial charge in [-0.1, -0.05) is 25.1 Å². The molecule has 6 nitrogen and oxygen atoms in total. The van der Waals surface area contributed by atoms with Gasteiger partial charge in [-0.2, -0.15) is 0 Å². The molecule has 1 aromatic carbocycles. The molecule has 1 aliphatic heterocycles. The summed E-state index contributed by atoms with van der Waals surface area (Å²) in [6.07, 6.45) is 2.96. The highest BCUT2D eigenvalue weighted by molar-refractivity contribution is 5.95. The number of allylic oxidation sites excluding steroid dienone is 1. The van der Waals surface area contributed by atoms with Crippen molar-refractivity contribution in [2.24, 2.45) is 5.92 Å². The van der Waals surface area contributed by atoms with Gasteiger partial charge in [-0.05, 0) is 38.2 Å². The molecule has 1 saturated carbocycles. The number of hydrogen-bond donors (Lipinski definition) is 2. The van der Waals surface area contributed by atoms with Crippen molar-refractivity contribution in [3.63, 3.8) is 0 Å². The van der Waals surface area contributed by atoms with Crippen molar-refractivity contribution in [3.05, 3.63) is 41.1 Å². The van der Waals surface area contributed by atoms with Crippen LogP contribution < -0.4 is 15.4 Å². The number of carbonyl (C=O) groups excluding carboxylic acids is 2. The van der Waals surface area contributed by atoms with Gasteiger partial charge in [0.1, 0.15) is 11.9 Å². The van der Waals surface area contributed by atoms with Crippen LogP contribution in [0.3, 0.4) is 0 Å². The second kappa shape index (κ2) is 7.17. The molecule has 0 bridgehead atoms. The molecule has 134 valence electrons. The number of carbonyl (C=O) groups is 2. The molecule has 1 heterocycles. The number of hydrogen-bond acceptors (Lipinski definition) is 4. The van der Waals surface area contributed by atoms with Crippen LogP contribution in [0, 0.1) is 5.92 Å². The van der Waals surface area contributed by atoms with Gasteiger partial charge in [-0.15, -0.1) is 0 Å². The summed E-state index contributed by atoms with van der Waals surface area (Å²) in [6, 6.07) is 6.39. The molecule has 1 aromatic rings. The van der Waals surface area contributed by atoms with Gasteiger partial charge in [0.15, 0.2) is 0 Å². The van der Waals surface area contributed by atoms with Crippen LogP contribution in [0.15, 0.2) is 35.5 Å². The van der Waals surface area contributed by atoms with Gasteiger partial charge in [-0.25, -0.2) is 9.59 Å². The van der Waals surface area contributed by atoms with Crippen LogP contribution in [0.2, 0.25) is 0 Å². The second-order valence-electron chi connectivity index (χ2n) is 6.66. The summed E-state index contributed by atoms with van der Waals surface area (Å²) in [7, 11) is 1.57. The summed E-state index contributed by atoms with van der Waals surface area (Å²) in [6.45, 7) is 3.82. The standard InChI is InChI=1S/C19H24N2O4/c1-11-7-6-10-14(11)25-18(22)16-12(2)20-19(23)21-17(16)13-8-4-5-9-15(13)24-3/h4-5,8-9,11,14,17H,6-7,10H2,1-3H3,(H2,20,21,23)/t11-,14-,17-/m0/s1. The molecule has 0 saturated heterocycles. The van der Waals surface area contributed by atoms with E-state index in [1.807, 2.05) is 18.2 Å². The monoisotopic (exact) mass is 344 g/mol. The molecular weight excluding hydrogens is 320 g/mol. The van der Waals surface area contributed by atoms with E-state index in [2.05, 4.69) is 17.6 Å². The van der Waals surface area contributed by atoms with Gasteiger partial charge in [0.05, 0.1) is 18.7 Å². The average molecular weight is 344 g/mol. The maximum atomic E-state index is 12.9. The third-order valence-electron chi connectivity index (χ3n) is 4.98. The van der Waals surface area contributed by atoms with E-state index in [-0.39, 0.29) is 18.1 Å². The Morgan fingerprint density at radius 3 is 2.68 bits per heavy atom. The van der Waals surface area contributed by atoms with Crippen LogP contribution in [0.25, 0.3) is 0 Å². The van der Waals surface area contributed by atoms with Crippen molar-refractivity contribution in [2.45, 2.75) is 45.3 Å². The van der Waals surface area contributed by atoms with E-state index >= 15 is 0 Å². The minimum Gasteiger partial charge on any atom is -0.496 e. The van der Waals surface area contributed by atoms with Crippen LogP contribution in [0.4, 0.5) is 4.79 Å². The minimum absolute atomic E-state index is 0.0660. The molecule has 3 atom stereocenters. The number of benzene rings is 1. The molecule has 1 aliphatic carbocycles. The molecule has 0 spiro atoms. The smallest absolute Gasteiger partial charge is 0.338 e. The summed E-state index contributed by atoms with van der Waals surface area (Å²) in [4.78, 5) is 24.9. The number of urea groups is 1. The fourth-order valence-electron chi connectivity index (χ4n) is 3.59. The van der Waals surface area contributed by atoms with E-state index in [1.54, 1.807) is 20.1 Å². The number of esters is 1. The molecule has 0 unspecified atom stereocenters. The largest absolute Gasteiger partial charge is 0.496 e. The predicted octanol–water partition coefficient (Wildman–Crippen LogP) is 3.05. The van der Waals surface area contributed by atoms with Crippen molar-refractivity contribution in [2.75, 3.05) is 7.11 Å². The van der Waals surface area contributed by atoms with Crippen LogP contribution in [-0.4, -0.2) is 25.2 Å². The number of ether oxygens (including phenoxy) is 2. The third kappa shape index (κ3) is 3.48. The van der Waals surface area contributed by atoms with E-state index < -0.39 is 6.04 Å². The Kier molecular flexibility index (Phi) is 4.97. The summed E-state index contributed by atoms with van der Waals surface area (Å²) in [5.41, 5.74) is 1.66. The van der Waals surface area contributed by atoms with Gasteiger partial charge in [0.25, 0.3) is 0 Å². The summed E-state index contributed by atoms with van der Waals surface area (Å²) >= 11 is 0. The highest BCUT2D eigenvalue weighted by Gasteiger charge is 2.36. The molecule has 0 radical (unpaired) electrons. The van der Waals surface area contributed by atoms with Gasteiger partial charge in [0.2, 0.25) is 0 Å². The van der Waals surface area contributed by atoms with Gasteiger partial charge in [-0.3, -0.25) is 0 Å².